The highest BCUT2D eigenvalue weighted by atomic mass is 19.1. The molecule has 1 aliphatic rings. The summed E-state index contributed by atoms with van der Waals surface area (Å²) >= 11 is 0. The third-order valence-electron chi connectivity index (χ3n) is 3.86. The number of benzene rings is 1. The van der Waals surface area contributed by atoms with Crippen LogP contribution >= 0.6 is 0 Å². The zero-order chi connectivity index (χ0) is 15.6. The van der Waals surface area contributed by atoms with Crippen molar-refractivity contribution in [3.05, 3.63) is 35.6 Å². The number of nitrogens with two attached hydrogens (primary N) is 1. The molecule has 0 radical (unpaired) electrons. The molecule has 3 unspecified atom stereocenters. The van der Waals surface area contributed by atoms with Gasteiger partial charge in [-0.1, -0.05) is 19.1 Å². The standard InChI is InChI=1S/C15H19FN2O3/c1-9-6-11(15(20)21)8-18(7-9)13(14(17)19)10-2-4-12(16)5-3-10/h2-5,9,11,13H,6-8H2,1H3,(H2,17,19)(H,20,21). The molecule has 21 heavy (non-hydrogen) atoms. The van der Waals surface area contributed by atoms with Crippen molar-refractivity contribution in [2.24, 2.45) is 17.6 Å². The Balaban J connectivity index is 2.27. The van der Waals surface area contributed by atoms with Gasteiger partial charge in [-0.05, 0) is 30.0 Å². The minimum atomic E-state index is -0.867. The molecule has 0 spiro atoms. The number of nitrogens with zero attached hydrogens (tertiary/aromatic N) is 1. The van der Waals surface area contributed by atoms with E-state index < -0.39 is 29.7 Å². The van der Waals surface area contributed by atoms with Gasteiger partial charge in [0.1, 0.15) is 11.9 Å². The van der Waals surface area contributed by atoms with Gasteiger partial charge in [0.25, 0.3) is 0 Å². The monoisotopic (exact) mass is 294 g/mol. The van der Waals surface area contributed by atoms with Crippen molar-refractivity contribution in [1.82, 2.24) is 4.90 Å². The third kappa shape index (κ3) is 3.58. The summed E-state index contributed by atoms with van der Waals surface area (Å²) in [6, 6.07) is 4.84. The summed E-state index contributed by atoms with van der Waals surface area (Å²) in [5, 5.41) is 9.21. The number of aliphatic carboxylic acids is 1. The molecule has 2 rings (SSSR count). The van der Waals surface area contributed by atoms with Gasteiger partial charge in [-0.15, -0.1) is 0 Å². The molecule has 5 nitrogen and oxygen atoms in total. The van der Waals surface area contributed by atoms with Crippen LogP contribution in [0.25, 0.3) is 0 Å². The van der Waals surface area contributed by atoms with Crippen LogP contribution in [0.1, 0.15) is 24.9 Å². The number of likely N-dealkylation sites (tertiary alicyclic amines) is 1. The normalized spacial score (nSPS) is 24.5. The number of hydrogen-bond acceptors (Lipinski definition) is 3. The molecule has 114 valence electrons. The number of carbonyl (C=O) groups is 2. The van der Waals surface area contributed by atoms with Gasteiger partial charge in [-0.25, -0.2) is 4.39 Å². The number of carbonyl (C=O) groups excluding carboxylic acids is 1. The summed E-state index contributed by atoms with van der Waals surface area (Å²) < 4.78 is 13.0. The van der Waals surface area contributed by atoms with Crippen LogP contribution in [0.4, 0.5) is 4.39 Å². The number of primary amides is 1. The van der Waals surface area contributed by atoms with Crippen molar-refractivity contribution < 1.29 is 19.1 Å². The number of piperidine rings is 1. The molecule has 1 aromatic carbocycles. The zero-order valence-electron chi connectivity index (χ0n) is 11.8. The number of hydrogen-bond donors (Lipinski definition) is 2. The van der Waals surface area contributed by atoms with E-state index in [1.165, 1.54) is 24.3 Å². The number of carboxylic acids is 1. The molecule has 1 heterocycles. The second kappa shape index (κ2) is 6.22. The molecule has 3 N–H and O–H groups in total. The first-order valence-corrected chi connectivity index (χ1v) is 6.90. The Morgan fingerprint density at radius 1 is 1.33 bits per heavy atom. The molecule has 3 atom stereocenters. The maximum atomic E-state index is 13.0. The Morgan fingerprint density at radius 3 is 2.48 bits per heavy atom. The van der Waals surface area contributed by atoms with Gasteiger partial charge < -0.3 is 10.8 Å². The molecule has 0 aromatic heterocycles. The van der Waals surface area contributed by atoms with Crippen LogP contribution in [-0.4, -0.2) is 35.0 Å². The first-order valence-electron chi connectivity index (χ1n) is 6.90. The molecular formula is C15H19FN2O3. The lowest BCUT2D eigenvalue weighted by molar-refractivity contribution is -0.146. The average Bonchev–Trinajstić information content (AvgIpc) is 2.40. The molecule has 0 aliphatic carbocycles. The van der Waals surface area contributed by atoms with Gasteiger partial charge in [-0.3, -0.25) is 14.5 Å². The fraction of sp³-hybridized carbons (Fsp3) is 0.467. The fourth-order valence-electron chi connectivity index (χ4n) is 2.98. The first-order chi connectivity index (χ1) is 9.88. The van der Waals surface area contributed by atoms with Gasteiger partial charge in [0.05, 0.1) is 5.92 Å². The molecule has 6 heteroatoms. The van der Waals surface area contributed by atoms with E-state index in [2.05, 4.69) is 0 Å². The maximum absolute atomic E-state index is 13.0. The van der Waals surface area contributed by atoms with Crippen molar-refractivity contribution in [1.29, 1.82) is 0 Å². The van der Waals surface area contributed by atoms with E-state index in [0.29, 0.717) is 18.5 Å². The van der Waals surface area contributed by atoms with E-state index >= 15 is 0 Å². The van der Waals surface area contributed by atoms with E-state index in [9.17, 15) is 19.1 Å². The number of carboxylic acid groups (broad SMARTS) is 1. The Hall–Kier alpha value is -1.95. The highest BCUT2D eigenvalue weighted by Crippen LogP contribution is 2.29. The van der Waals surface area contributed by atoms with E-state index in [4.69, 9.17) is 5.73 Å². The number of rotatable bonds is 4. The highest BCUT2D eigenvalue weighted by molar-refractivity contribution is 5.81. The van der Waals surface area contributed by atoms with Crippen LogP contribution in [0.2, 0.25) is 0 Å². The minimum absolute atomic E-state index is 0.155. The summed E-state index contributed by atoms with van der Waals surface area (Å²) in [6.07, 6.45) is 0.584. The molecular weight excluding hydrogens is 275 g/mol. The van der Waals surface area contributed by atoms with E-state index in [1.54, 1.807) is 4.90 Å². The Morgan fingerprint density at radius 2 is 1.95 bits per heavy atom. The third-order valence-corrected chi connectivity index (χ3v) is 3.86. The van der Waals surface area contributed by atoms with Crippen LogP contribution in [0.3, 0.4) is 0 Å². The summed E-state index contributed by atoms with van der Waals surface area (Å²) in [5.41, 5.74) is 6.07. The largest absolute Gasteiger partial charge is 0.481 e. The molecule has 0 saturated carbocycles. The van der Waals surface area contributed by atoms with Gasteiger partial charge in [-0.2, -0.15) is 0 Å². The summed E-state index contributed by atoms with van der Waals surface area (Å²) in [4.78, 5) is 24.8. The molecule has 1 fully saturated rings. The van der Waals surface area contributed by atoms with Crippen molar-refractivity contribution >= 4 is 11.9 Å². The molecule has 1 saturated heterocycles. The van der Waals surface area contributed by atoms with Gasteiger partial charge >= 0.3 is 5.97 Å². The lowest BCUT2D eigenvalue weighted by Gasteiger charge is -2.38. The fourth-order valence-corrected chi connectivity index (χ4v) is 2.98. The number of amides is 1. The Kier molecular flexibility index (Phi) is 4.57. The number of halogens is 1. The molecule has 1 aliphatic heterocycles. The molecule has 1 amide bonds. The zero-order valence-corrected chi connectivity index (χ0v) is 11.8. The van der Waals surface area contributed by atoms with E-state index in [-0.39, 0.29) is 12.5 Å². The molecule has 0 bridgehead atoms. The van der Waals surface area contributed by atoms with E-state index in [0.717, 1.165) is 0 Å². The van der Waals surface area contributed by atoms with Crippen molar-refractivity contribution in [3.63, 3.8) is 0 Å². The lowest BCUT2D eigenvalue weighted by atomic mass is 9.88. The van der Waals surface area contributed by atoms with Crippen LogP contribution in [-0.2, 0) is 9.59 Å². The topological polar surface area (TPSA) is 83.6 Å². The first kappa shape index (κ1) is 15.4. The highest BCUT2D eigenvalue weighted by Gasteiger charge is 2.35. The van der Waals surface area contributed by atoms with Crippen LogP contribution < -0.4 is 5.73 Å². The van der Waals surface area contributed by atoms with Gasteiger partial charge in [0.2, 0.25) is 5.91 Å². The van der Waals surface area contributed by atoms with Crippen LogP contribution in [0.5, 0.6) is 0 Å². The minimum Gasteiger partial charge on any atom is -0.481 e. The SMILES string of the molecule is CC1CC(C(=O)O)CN(C(C(N)=O)c2ccc(F)cc2)C1. The van der Waals surface area contributed by atoms with Gasteiger partial charge in [0, 0.05) is 13.1 Å². The van der Waals surface area contributed by atoms with Crippen molar-refractivity contribution in [3.8, 4) is 0 Å². The summed E-state index contributed by atoms with van der Waals surface area (Å²) in [5.74, 6) is -2.18. The molecule has 1 aromatic rings. The predicted molar refractivity (Wildman–Crippen MR) is 74.8 cm³/mol. The predicted octanol–water partition coefficient (Wildman–Crippen LogP) is 1.39. The summed E-state index contributed by atoms with van der Waals surface area (Å²) in [7, 11) is 0. The van der Waals surface area contributed by atoms with Crippen LogP contribution in [0, 0.1) is 17.7 Å². The van der Waals surface area contributed by atoms with Gasteiger partial charge in [0.15, 0.2) is 0 Å². The van der Waals surface area contributed by atoms with E-state index in [1.807, 2.05) is 6.92 Å². The Bertz CT molecular complexity index is 532. The smallest absolute Gasteiger partial charge is 0.307 e. The quantitative estimate of drug-likeness (QED) is 0.879. The Labute approximate surface area is 122 Å². The second-order valence-electron chi connectivity index (χ2n) is 5.69. The van der Waals surface area contributed by atoms with Crippen molar-refractivity contribution in [2.75, 3.05) is 13.1 Å². The second-order valence-corrected chi connectivity index (χ2v) is 5.69. The lowest BCUT2D eigenvalue weighted by Crippen LogP contribution is -2.47. The van der Waals surface area contributed by atoms with Crippen molar-refractivity contribution in [2.45, 2.75) is 19.4 Å². The average molecular weight is 294 g/mol. The summed E-state index contributed by atoms with van der Waals surface area (Å²) in [6.45, 7) is 2.81. The van der Waals surface area contributed by atoms with Crippen LogP contribution in [0.15, 0.2) is 24.3 Å². The maximum Gasteiger partial charge on any atom is 0.307 e.